The molecule has 3 aromatic carbocycles. The van der Waals surface area contributed by atoms with Gasteiger partial charge in [0.05, 0.1) is 17.7 Å². The van der Waals surface area contributed by atoms with Gasteiger partial charge in [0.25, 0.3) is 10.0 Å². The number of methoxy groups -OCH3 is 1. The molecule has 2 amide bonds. The second-order valence-electron chi connectivity index (χ2n) is 10.5. The number of ether oxygens (including phenoxy) is 1. The molecule has 0 aliphatic carbocycles. The third-order valence-electron chi connectivity index (χ3n) is 6.92. The monoisotopic (exact) mass is 579 g/mol. The van der Waals surface area contributed by atoms with E-state index in [1.807, 2.05) is 58.9 Å². The van der Waals surface area contributed by atoms with Crippen LogP contribution in [-0.2, 0) is 26.2 Å². The number of benzene rings is 3. The third-order valence-corrected chi connectivity index (χ3v) is 8.71. The lowest BCUT2D eigenvalue weighted by Gasteiger charge is -2.33. The molecule has 0 aliphatic heterocycles. The predicted octanol–water partition coefficient (Wildman–Crippen LogP) is 5.09. The maximum absolute atomic E-state index is 14.2. The predicted molar refractivity (Wildman–Crippen MR) is 162 cm³/mol. The second-order valence-corrected chi connectivity index (χ2v) is 12.4. The van der Waals surface area contributed by atoms with Crippen LogP contribution in [-0.4, -0.2) is 51.4 Å². The second kappa shape index (κ2) is 14.2. The van der Waals surface area contributed by atoms with Crippen LogP contribution in [0.1, 0.15) is 43.9 Å². The minimum atomic E-state index is -4.13. The average Bonchev–Trinajstić information content (AvgIpc) is 2.95. The third kappa shape index (κ3) is 8.10. The van der Waals surface area contributed by atoms with E-state index in [1.54, 1.807) is 36.4 Å². The molecule has 0 bridgehead atoms. The largest absolute Gasteiger partial charge is 0.497 e. The van der Waals surface area contributed by atoms with Crippen molar-refractivity contribution in [1.29, 1.82) is 0 Å². The molecule has 8 nitrogen and oxygen atoms in total. The quantitative estimate of drug-likeness (QED) is 0.305. The highest BCUT2D eigenvalue weighted by atomic mass is 32.2. The van der Waals surface area contributed by atoms with Crippen molar-refractivity contribution >= 4 is 27.5 Å². The van der Waals surface area contributed by atoms with Crippen LogP contribution < -0.4 is 14.4 Å². The number of anilines is 1. The summed E-state index contributed by atoms with van der Waals surface area (Å²) in [6.45, 7) is 9.83. The van der Waals surface area contributed by atoms with Crippen molar-refractivity contribution in [3.63, 3.8) is 0 Å². The van der Waals surface area contributed by atoms with Crippen LogP contribution in [0.2, 0.25) is 0 Å². The van der Waals surface area contributed by atoms with Gasteiger partial charge in [0.15, 0.2) is 0 Å². The lowest BCUT2D eigenvalue weighted by molar-refractivity contribution is -0.140. The van der Waals surface area contributed by atoms with Gasteiger partial charge in [-0.15, -0.1) is 0 Å². The summed E-state index contributed by atoms with van der Waals surface area (Å²) in [5.41, 5.74) is 3.09. The summed E-state index contributed by atoms with van der Waals surface area (Å²) in [4.78, 5) is 29.0. The van der Waals surface area contributed by atoms with Gasteiger partial charge in [-0.05, 0) is 73.7 Å². The molecular weight excluding hydrogens is 538 g/mol. The number of hydrogen-bond donors (Lipinski definition) is 1. The minimum absolute atomic E-state index is 0.0684. The van der Waals surface area contributed by atoms with E-state index in [4.69, 9.17) is 4.74 Å². The summed E-state index contributed by atoms with van der Waals surface area (Å²) in [5.74, 6) is 0.0517. The van der Waals surface area contributed by atoms with E-state index in [0.29, 0.717) is 24.4 Å². The zero-order chi connectivity index (χ0) is 30.2. The van der Waals surface area contributed by atoms with Gasteiger partial charge >= 0.3 is 0 Å². The van der Waals surface area contributed by atoms with Gasteiger partial charge in [-0.2, -0.15) is 0 Å². The maximum Gasteiger partial charge on any atom is 0.264 e. The number of rotatable bonds is 13. The zero-order valence-electron chi connectivity index (χ0n) is 24.8. The van der Waals surface area contributed by atoms with Crippen LogP contribution in [0.25, 0.3) is 0 Å². The maximum atomic E-state index is 14.2. The highest BCUT2D eigenvalue weighted by Gasteiger charge is 2.34. The van der Waals surface area contributed by atoms with Gasteiger partial charge in [-0.3, -0.25) is 13.9 Å². The Morgan fingerprint density at radius 3 is 2.12 bits per heavy atom. The van der Waals surface area contributed by atoms with Gasteiger partial charge in [-0.25, -0.2) is 8.42 Å². The molecule has 0 saturated heterocycles. The molecule has 0 heterocycles. The molecule has 0 aromatic heterocycles. The SMILES string of the molecule is CC[C@H](C(=O)NCC(C)C)N(Cc1ccccc1C)C(=O)CN(c1ccc(OC)cc1)S(=O)(=O)c1ccc(C)cc1. The van der Waals surface area contributed by atoms with Crippen LogP contribution in [0.5, 0.6) is 5.75 Å². The number of amides is 2. The highest BCUT2D eigenvalue weighted by molar-refractivity contribution is 7.92. The van der Waals surface area contributed by atoms with Crippen molar-refractivity contribution in [2.45, 2.75) is 58.5 Å². The number of hydrogen-bond acceptors (Lipinski definition) is 5. The first kappa shape index (κ1) is 31.7. The fourth-order valence-corrected chi connectivity index (χ4v) is 5.84. The van der Waals surface area contributed by atoms with Gasteiger partial charge in [0.2, 0.25) is 11.8 Å². The molecule has 9 heteroatoms. The van der Waals surface area contributed by atoms with E-state index in [1.165, 1.54) is 24.1 Å². The Morgan fingerprint density at radius 1 is 0.927 bits per heavy atom. The molecule has 0 aliphatic rings. The summed E-state index contributed by atoms with van der Waals surface area (Å²) in [5, 5.41) is 2.95. The van der Waals surface area contributed by atoms with Crippen molar-refractivity contribution in [2.24, 2.45) is 5.92 Å². The molecule has 0 radical (unpaired) electrons. The van der Waals surface area contributed by atoms with Crippen molar-refractivity contribution in [1.82, 2.24) is 10.2 Å². The summed E-state index contributed by atoms with van der Waals surface area (Å²) < 4.78 is 34.3. The summed E-state index contributed by atoms with van der Waals surface area (Å²) in [6, 6.07) is 19.9. The molecule has 220 valence electrons. The van der Waals surface area contributed by atoms with Crippen molar-refractivity contribution in [3.05, 3.63) is 89.5 Å². The Bertz CT molecular complexity index is 1420. The zero-order valence-corrected chi connectivity index (χ0v) is 25.6. The van der Waals surface area contributed by atoms with Crippen LogP contribution in [0.3, 0.4) is 0 Å². The molecule has 0 unspecified atom stereocenters. The van der Waals surface area contributed by atoms with E-state index in [9.17, 15) is 18.0 Å². The van der Waals surface area contributed by atoms with Crippen LogP contribution >= 0.6 is 0 Å². The minimum Gasteiger partial charge on any atom is -0.497 e. The van der Waals surface area contributed by atoms with Crippen LogP contribution in [0, 0.1) is 19.8 Å². The number of nitrogens with zero attached hydrogens (tertiary/aromatic N) is 2. The molecule has 0 spiro atoms. The topological polar surface area (TPSA) is 96.0 Å². The number of aryl methyl sites for hydroxylation is 2. The molecule has 0 fully saturated rings. The molecule has 3 aromatic rings. The fourth-order valence-electron chi connectivity index (χ4n) is 4.43. The first-order valence-corrected chi connectivity index (χ1v) is 15.3. The Labute approximate surface area is 244 Å². The Morgan fingerprint density at radius 2 is 1.56 bits per heavy atom. The fraction of sp³-hybridized carbons (Fsp3) is 0.375. The molecule has 0 saturated carbocycles. The Hall–Kier alpha value is -3.85. The standard InChI is InChI=1S/C32H41N3O5S/c1-7-30(32(37)33-20-23(2)3)34(21-26-11-9-8-10-25(26)5)31(36)22-35(27-14-16-28(40-6)17-15-27)41(38,39)29-18-12-24(4)13-19-29/h8-19,23,30H,7,20-22H2,1-6H3,(H,33,37)/t30-/m1/s1. The summed E-state index contributed by atoms with van der Waals surface area (Å²) >= 11 is 0. The molecule has 1 atom stereocenters. The molecular formula is C32H41N3O5S. The normalized spacial score (nSPS) is 12.1. The smallest absolute Gasteiger partial charge is 0.264 e. The van der Waals surface area contributed by atoms with Crippen molar-refractivity contribution in [3.8, 4) is 5.75 Å². The van der Waals surface area contributed by atoms with Crippen molar-refractivity contribution in [2.75, 3.05) is 24.5 Å². The van der Waals surface area contributed by atoms with E-state index < -0.39 is 28.5 Å². The van der Waals surface area contributed by atoms with Gasteiger partial charge < -0.3 is 15.0 Å². The Kier molecular flexibility index (Phi) is 10.9. The van der Waals surface area contributed by atoms with E-state index >= 15 is 0 Å². The van der Waals surface area contributed by atoms with Crippen LogP contribution in [0.15, 0.2) is 77.7 Å². The Balaban J connectivity index is 2.06. The van der Waals surface area contributed by atoms with E-state index in [2.05, 4.69) is 5.32 Å². The first-order valence-electron chi connectivity index (χ1n) is 13.8. The van der Waals surface area contributed by atoms with Gasteiger partial charge in [-0.1, -0.05) is 62.7 Å². The van der Waals surface area contributed by atoms with Crippen molar-refractivity contribution < 1.29 is 22.7 Å². The average molecular weight is 580 g/mol. The van der Waals surface area contributed by atoms with Gasteiger partial charge in [0, 0.05) is 13.1 Å². The number of nitrogens with one attached hydrogen (secondary N) is 1. The number of carbonyl (C=O) groups excluding carboxylic acids is 2. The number of carbonyl (C=O) groups is 2. The lowest BCUT2D eigenvalue weighted by atomic mass is 10.1. The summed E-state index contributed by atoms with van der Waals surface area (Å²) in [6.07, 6.45) is 0.370. The van der Waals surface area contributed by atoms with Gasteiger partial charge in [0.1, 0.15) is 18.3 Å². The number of sulfonamides is 1. The lowest BCUT2D eigenvalue weighted by Crippen LogP contribution is -2.52. The first-order chi connectivity index (χ1) is 19.5. The molecule has 1 N–H and O–H groups in total. The van der Waals surface area contributed by atoms with Crippen LogP contribution in [0.4, 0.5) is 5.69 Å². The highest BCUT2D eigenvalue weighted by Crippen LogP contribution is 2.27. The van der Waals surface area contributed by atoms with E-state index in [0.717, 1.165) is 21.0 Å². The van der Waals surface area contributed by atoms with E-state index in [-0.39, 0.29) is 23.3 Å². The molecule has 3 rings (SSSR count). The molecule has 41 heavy (non-hydrogen) atoms. The summed E-state index contributed by atoms with van der Waals surface area (Å²) in [7, 11) is -2.60.